The highest BCUT2D eigenvalue weighted by Crippen LogP contribution is 2.54. The Hall–Kier alpha value is -3.50. The highest BCUT2D eigenvalue weighted by atomic mass is 16.5. The molecule has 2 N–H and O–H groups in total. The van der Waals surface area contributed by atoms with E-state index in [2.05, 4.69) is 45.2 Å². The molecule has 0 amide bonds. The molecule has 4 heterocycles. The van der Waals surface area contributed by atoms with Gasteiger partial charge in [-0.05, 0) is 63.2 Å². The quantitative estimate of drug-likeness (QED) is 0.342. The number of aryl methyl sites for hydroxylation is 1. The summed E-state index contributed by atoms with van der Waals surface area (Å²) in [6, 6.07) is 0.261. The van der Waals surface area contributed by atoms with Gasteiger partial charge in [0.1, 0.15) is 11.3 Å². The summed E-state index contributed by atoms with van der Waals surface area (Å²) in [6.45, 7) is 5.50. The van der Waals surface area contributed by atoms with Crippen LogP contribution in [-0.4, -0.2) is 45.5 Å². The molecule has 0 saturated heterocycles. The van der Waals surface area contributed by atoms with E-state index in [0.717, 1.165) is 42.5 Å². The molecule has 3 saturated carbocycles. The van der Waals surface area contributed by atoms with Crippen molar-refractivity contribution in [2.24, 2.45) is 24.8 Å². The van der Waals surface area contributed by atoms with Gasteiger partial charge in [-0.2, -0.15) is 5.10 Å². The number of anilines is 1. The van der Waals surface area contributed by atoms with Crippen molar-refractivity contribution in [2.45, 2.75) is 89.6 Å². The van der Waals surface area contributed by atoms with Gasteiger partial charge in [0.2, 0.25) is 11.6 Å². The fourth-order valence-corrected chi connectivity index (χ4v) is 6.59. The number of aromatic amines is 1. The van der Waals surface area contributed by atoms with E-state index >= 15 is 0 Å². The van der Waals surface area contributed by atoms with Gasteiger partial charge in [-0.25, -0.2) is 19.7 Å². The third-order valence-corrected chi connectivity index (χ3v) is 9.49. The second kappa shape index (κ2) is 9.31. The van der Waals surface area contributed by atoms with Crippen LogP contribution < -0.4 is 11.1 Å². The lowest BCUT2D eigenvalue weighted by molar-refractivity contribution is 0.264. The lowest BCUT2D eigenvalue weighted by Crippen LogP contribution is -2.31. The number of imidazole rings is 1. The molecule has 0 aliphatic heterocycles. The Morgan fingerprint density at radius 3 is 2.56 bits per heavy atom. The molecule has 3 aliphatic rings. The topological polar surface area (TPSA) is 132 Å². The van der Waals surface area contributed by atoms with Crippen molar-refractivity contribution in [3.05, 3.63) is 34.3 Å². The average molecular weight is 532 g/mol. The van der Waals surface area contributed by atoms with Crippen LogP contribution in [0.5, 0.6) is 0 Å². The van der Waals surface area contributed by atoms with Gasteiger partial charge in [0.25, 0.3) is 0 Å². The number of aromatic nitrogens is 8. The summed E-state index contributed by atoms with van der Waals surface area (Å²) >= 11 is 0. The van der Waals surface area contributed by atoms with Gasteiger partial charge in [0.05, 0.1) is 11.6 Å². The Balaban J connectivity index is 1.40. The first-order valence-corrected chi connectivity index (χ1v) is 14.5. The molecule has 3 aliphatic carbocycles. The number of H-pyrrole nitrogens is 1. The number of hydrogen-bond donors (Lipinski definition) is 2. The minimum absolute atomic E-state index is 0.170. The largest absolute Gasteiger partial charge is 0.439 e. The molecular weight excluding hydrogens is 494 g/mol. The van der Waals surface area contributed by atoms with Gasteiger partial charge in [-0.3, -0.25) is 14.2 Å². The van der Waals surface area contributed by atoms with Crippen LogP contribution in [0.1, 0.15) is 83.0 Å². The van der Waals surface area contributed by atoms with Crippen LogP contribution in [0.3, 0.4) is 0 Å². The Labute approximate surface area is 226 Å². The lowest BCUT2D eigenvalue weighted by Gasteiger charge is -2.32. The van der Waals surface area contributed by atoms with Crippen LogP contribution >= 0.6 is 0 Å². The second-order valence-electron chi connectivity index (χ2n) is 12.3. The molecule has 3 fully saturated rings. The van der Waals surface area contributed by atoms with Gasteiger partial charge in [0.15, 0.2) is 11.5 Å². The maximum absolute atomic E-state index is 11.7. The molecule has 0 radical (unpaired) electrons. The Morgan fingerprint density at radius 2 is 1.95 bits per heavy atom. The zero-order valence-electron chi connectivity index (χ0n) is 23.0. The fraction of sp³-hybridized carbons (Fsp3) is 0.643. The van der Waals surface area contributed by atoms with Crippen LogP contribution in [-0.2, 0) is 19.0 Å². The number of nitrogens with zero attached hydrogens (tertiary/aromatic N) is 7. The van der Waals surface area contributed by atoms with Crippen molar-refractivity contribution in [1.82, 2.24) is 39.4 Å². The predicted octanol–water partition coefficient (Wildman–Crippen LogP) is 4.41. The maximum atomic E-state index is 11.7. The summed E-state index contributed by atoms with van der Waals surface area (Å²) in [6.07, 6.45) is 14.9. The van der Waals surface area contributed by atoms with E-state index < -0.39 is 5.76 Å². The monoisotopic (exact) mass is 531 g/mol. The molecule has 206 valence electrons. The number of rotatable bonds is 8. The van der Waals surface area contributed by atoms with Crippen molar-refractivity contribution in [3.63, 3.8) is 0 Å². The molecule has 0 unspecified atom stereocenters. The molecular formula is C28H37N9O2. The van der Waals surface area contributed by atoms with Crippen molar-refractivity contribution in [2.75, 3.05) is 5.32 Å². The summed E-state index contributed by atoms with van der Waals surface area (Å²) in [5.41, 5.74) is 2.60. The zero-order valence-corrected chi connectivity index (χ0v) is 23.0. The molecule has 0 aromatic carbocycles. The summed E-state index contributed by atoms with van der Waals surface area (Å²) in [4.78, 5) is 29.4. The van der Waals surface area contributed by atoms with E-state index in [9.17, 15) is 4.79 Å². The summed E-state index contributed by atoms with van der Waals surface area (Å²) in [7, 11) is 1.96. The standard InChI is InChI=1S/C28H37N9O2/c1-16-7-9-18(10-8-16)14-37-21-22(30-17(2)19-5-4-6-19)31-24(25-34-27(38)39-35-25)32-23(21)33-26(37)28(11-12-28)20-13-29-36(3)15-20/h13,15-19H,4-12,14H2,1-3H3,(H,30,31,32)(H,34,35,38)/t16-,17-,18-/m1/s1. The SMILES string of the molecule is C[C@@H](Nc1nc(-c2noc(=O)[nH]2)nc2nc(C3(c4cnn(C)c4)CC3)n(C[C@H]3CC[C@H](C)CC3)c12)C1CCC1. The van der Waals surface area contributed by atoms with Gasteiger partial charge in [0, 0.05) is 31.4 Å². The lowest BCUT2D eigenvalue weighted by atomic mass is 9.80. The van der Waals surface area contributed by atoms with Gasteiger partial charge < -0.3 is 9.88 Å². The summed E-state index contributed by atoms with van der Waals surface area (Å²) in [5, 5.41) is 12.1. The van der Waals surface area contributed by atoms with Crippen molar-refractivity contribution >= 4 is 17.0 Å². The van der Waals surface area contributed by atoms with Crippen LogP contribution in [0.4, 0.5) is 5.82 Å². The number of hydrogen-bond acceptors (Lipinski definition) is 8. The van der Waals surface area contributed by atoms with E-state index in [1.165, 1.54) is 50.5 Å². The molecule has 11 heteroatoms. The number of fused-ring (bicyclic) bond motifs is 1. The number of nitrogens with one attached hydrogen (secondary N) is 2. The van der Waals surface area contributed by atoms with Crippen molar-refractivity contribution in [1.29, 1.82) is 0 Å². The van der Waals surface area contributed by atoms with Crippen LogP contribution in [0.2, 0.25) is 0 Å². The first-order chi connectivity index (χ1) is 18.9. The molecule has 11 nitrogen and oxygen atoms in total. The molecule has 0 bridgehead atoms. The van der Waals surface area contributed by atoms with E-state index in [0.29, 0.717) is 23.3 Å². The fourth-order valence-electron chi connectivity index (χ4n) is 6.59. The normalized spacial score (nSPS) is 23.6. The Kier molecular flexibility index (Phi) is 5.85. The average Bonchev–Trinajstić information content (AvgIpc) is 3.17. The Morgan fingerprint density at radius 1 is 1.15 bits per heavy atom. The van der Waals surface area contributed by atoms with Gasteiger partial charge >= 0.3 is 5.76 Å². The maximum Gasteiger partial charge on any atom is 0.439 e. The van der Waals surface area contributed by atoms with Crippen LogP contribution in [0.25, 0.3) is 22.8 Å². The van der Waals surface area contributed by atoms with Crippen molar-refractivity contribution < 1.29 is 4.52 Å². The minimum Gasteiger partial charge on any atom is -0.365 e. The van der Waals surface area contributed by atoms with Gasteiger partial charge in [-0.1, -0.05) is 31.3 Å². The highest BCUT2D eigenvalue weighted by molar-refractivity contribution is 5.86. The van der Waals surface area contributed by atoms with E-state index in [4.69, 9.17) is 19.5 Å². The molecule has 39 heavy (non-hydrogen) atoms. The summed E-state index contributed by atoms with van der Waals surface area (Å²) in [5.74, 6) is 3.69. The van der Waals surface area contributed by atoms with Gasteiger partial charge in [-0.15, -0.1) is 0 Å². The smallest absolute Gasteiger partial charge is 0.365 e. The zero-order chi connectivity index (χ0) is 26.7. The predicted molar refractivity (Wildman–Crippen MR) is 146 cm³/mol. The highest BCUT2D eigenvalue weighted by Gasteiger charge is 2.51. The Bertz CT molecular complexity index is 1550. The van der Waals surface area contributed by atoms with E-state index in [-0.39, 0.29) is 17.3 Å². The van der Waals surface area contributed by atoms with E-state index in [1.807, 2.05) is 17.9 Å². The minimum atomic E-state index is -0.628. The van der Waals surface area contributed by atoms with E-state index in [1.54, 1.807) is 0 Å². The summed E-state index contributed by atoms with van der Waals surface area (Å²) < 4.78 is 9.07. The van der Waals surface area contributed by atoms with Crippen molar-refractivity contribution in [3.8, 4) is 11.6 Å². The molecule has 4 aromatic heterocycles. The third kappa shape index (κ3) is 4.35. The molecule has 7 rings (SSSR count). The molecule has 1 atom stereocenters. The third-order valence-electron chi connectivity index (χ3n) is 9.49. The first kappa shape index (κ1) is 24.5. The van der Waals surface area contributed by atoms with Crippen LogP contribution in [0.15, 0.2) is 21.7 Å². The first-order valence-electron chi connectivity index (χ1n) is 14.5. The molecule has 0 spiro atoms. The molecule has 4 aromatic rings. The second-order valence-corrected chi connectivity index (χ2v) is 12.3. The van der Waals surface area contributed by atoms with Crippen LogP contribution in [0, 0.1) is 17.8 Å².